The van der Waals surface area contributed by atoms with Crippen molar-refractivity contribution in [3.8, 4) is 0 Å². The summed E-state index contributed by atoms with van der Waals surface area (Å²) < 4.78 is 37.1. The van der Waals surface area contributed by atoms with Gasteiger partial charge in [0.2, 0.25) is 0 Å². The summed E-state index contributed by atoms with van der Waals surface area (Å²) in [5.74, 6) is -2.69. The lowest BCUT2D eigenvalue weighted by atomic mass is 10.0. The van der Waals surface area contributed by atoms with Crippen molar-refractivity contribution in [2.24, 2.45) is 0 Å². The van der Waals surface area contributed by atoms with Crippen LogP contribution in [0.5, 0.6) is 0 Å². The summed E-state index contributed by atoms with van der Waals surface area (Å²) in [6.07, 6.45) is 0.458. The summed E-state index contributed by atoms with van der Waals surface area (Å²) in [6.45, 7) is 5.87. The van der Waals surface area contributed by atoms with E-state index in [1.807, 2.05) is 0 Å². The fourth-order valence-electron chi connectivity index (χ4n) is 1.84. The van der Waals surface area contributed by atoms with Crippen molar-refractivity contribution in [1.29, 1.82) is 0 Å². The van der Waals surface area contributed by atoms with Crippen molar-refractivity contribution >= 4 is 0 Å². The van der Waals surface area contributed by atoms with Gasteiger partial charge in [0, 0.05) is 13.3 Å². The second-order valence-corrected chi connectivity index (χ2v) is 4.49. The molecular formula is C14H18F2N2O3. The number of nitrogens with zero attached hydrogens (tertiary/aromatic N) is 1. The smallest absolute Gasteiger partial charge is 0.276 e. The molecule has 0 aromatic carbocycles. The third-order valence-electron chi connectivity index (χ3n) is 2.92. The van der Waals surface area contributed by atoms with Crippen molar-refractivity contribution < 1.29 is 18.3 Å². The van der Waals surface area contributed by atoms with Crippen molar-refractivity contribution in [2.75, 3.05) is 13.7 Å². The van der Waals surface area contributed by atoms with E-state index >= 15 is 0 Å². The van der Waals surface area contributed by atoms with Gasteiger partial charge in [-0.1, -0.05) is 12.3 Å². The Balaban J connectivity index is 2.78. The van der Waals surface area contributed by atoms with Crippen molar-refractivity contribution in [2.45, 2.75) is 32.8 Å². The van der Waals surface area contributed by atoms with Gasteiger partial charge in [-0.25, -0.2) is 13.9 Å². The Kier molecular flexibility index (Phi) is 5.81. The second-order valence-electron chi connectivity index (χ2n) is 4.49. The molecule has 5 nitrogen and oxygen atoms in total. The Morgan fingerprint density at radius 2 is 2.19 bits per heavy atom. The van der Waals surface area contributed by atoms with Crippen LogP contribution in [0.2, 0.25) is 0 Å². The normalized spacial score (nSPS) is 11.1. The third kappa shape index (κ3) is 4.51. The fraction of sp³-hybridized carbons (Fsp3) is 0.500. The van der Waals surface area contributed by atoms with Crippen LogP contribution < -0.4 is 5.56 Å². The maximum atomic E-state index is 13.4. The van der Waals surface area contributed by atoms with E-state index in [-0.39, 0.29) is 17.9 Å². The first-order valence-corrected chi connectivity index (χ1v) is 6.28. The van der Waals surface area contributed by atoms with Crippen molar-refractivity contribution in [1.82, 2.24) is 10.2 Å². The van der Waals surface area contributed by atoms with Crippen LogP contribution in [0.4, 0.5) is 8.78 Å². The molecule has 0 atom stereocenters. The highest BCUT2D eigenvalue weighted by molar-refractivity contribution is 5.29. The van der Waals surface area contributed by atoms with E-state index < -0.39 is 17.0 Å². The number of alkyl halides is 2. The highest BCUT2D eigenvalue weighted by atomic mass is 19.3. The number of ether oxygens (including phenoxy) is 2. The molecule has 1 heterocycles. The van der Waals surface area contributed by atoms with Crippen LogP contribution in [-0.4, -0.2) is 23.9 Å². The fourth-order valence-corrected chi connectivity index (χ4v) is 1.84. The standard InChI is InChI=1S/C14H18F2N2O3/c1-5-10(20-4)6-7-21-8-11-9(2)12(14(3,15)16)13(19)18-17-11/h1,6-8H2,2-4H3,(H,18,19). The molecule has 0 aliphatic rings. The van der Waals surface area contributed by atoms with E-state index in [1.165, 1.54) is 14.0 Å². The first-order valence-electron chi connectivity index (χ1n) is 6.28. The molecule has 0 radical (unpaired) electrons. The quantitative estimate of drug-likeness (QED) is 0.477. The number of halogens is 2. The van der Waals surface area contributed by atoms with Crippen LogP contribution in [0.1, 0.15) is 30.2 Å². The predicted octanol–water partition coefficient (Wildman–Crippen LogP) is 2.41. The average molecular weight is 300 g/mol. The highest BCUT2D eigenvalue weighted by Gasteiger charge is 2.31. The van der Waals surface area contributed by atoms with Crippen LogP contribution in [0.15, 0.2) is 22.9 Å². The molecule has 1 rings (SSSR count). The van der Waals surface area contributed by atoms with E-state index in [0.29, 0.717) is 25.7 Å². The first kappa shape index (κ1) is 17.1. The first-order chi connectivity index (χ1) is 9.81. The minimum absolute atomic E-state index is 0.0137. The number of aromatic amines is 1. The zero-order valence-corrected chi connectivity index (χ0v) is 12.3. The minimum Gasteiger partial charge on any atom is -0.493 e. The van der Waals surface area contributed by atoms with Gasteiger partial charge in [0.1, 0.15) is 5.76 Å². The Labute approximate surface area is 121 Å². The Morgan fingerprint density at radius 1 is 1.52 bits per heavy atom. The summed E-state index contributed by atoms with van der Waals surface area (Å²) in [6, 6.07) is 0. The number of H-pyrrole nitrogens is 1. The van der Waals surface area contributed by atoms with Gasteiger partial charge in [0.05, 0.1) is 31.6 Å². The molecule has 0 bridgehead atoms. The van der Waals surface area contributed by atoms with E-state index in [9.17, 15) is 13.6 Å². The van der Waals surface area contributed by atoms with Crippen molar-refractivity contribution in [3.05, 3.63) is 45.2 Å². The molecule has 1 aromatic heterocycles. The maximum Gasteiger partial charge on any atom is 0.276 e. The summed E-state index contributed by atoms with van der Waals surface area (Å²) in [7, 11) is 1.50. The largest absolute Gasteiger partial charge is 0.493 e. The van der Waals surface area contributed by atoms with E-state index in [2.05, 4.69) is 22.5 Å². The van der Waals surface area contributed by atoms with Gasteiger partial charge in [-0.2, -0.15) is 5.10 Å². The van der Waals surface area contributed by atoms with Crippen LogP contribution >= 0.6 is 0 Å². The van der Waals surface area contributed by atoms with E-state index in [4.69, 9.17) is 9.47 Å². The monoisotopic (exact) mass is 300 g/mol. The molecule has 0 fully saturated rings. The van der Waals surface area contributed by atoms with Gasteiger partial charge in [-0.15, -0.1) is 0 Å². The molecule has 0 aliphatic heterocycles. The predicted molar refractivity (Wildman–Crippen MR) is 73.1 cm³/mol. The maximum absolute atomic E-state index is 13.4. The lowest BCUT2D eigenvalue weighted by Crippen LogP contribution is -2.26. The number of hydrogen-bond donors (Lipinski definition) is 1. The van der Waals surface area contributed by atoms with Gasteiger partial charge >= 0.3 is 0 Å². The molecule has 0 unspecified atom stereocenters. The molecule has 116 valence electrons. The molecule has 0 spiro atoms. The van der Waals surface area contributed by atoms with Crippen LogP contribution in [0, 0.1) is 6.92 Å². The lowest BCUT2D eigenvalue weighted by molar-refractivity contribution is 0.0146. The summed E-state index contributed by atoms with van der Waals surface area (Å²) >= 11 is 0. The molecule has 1 N–H and O–H groups in total. The summed E-state index contributed by atoms with van der Waals surface area (Å²) in [5.41, 5.74) is 1.54. The number of nitrogens with one attached hydrogen (secondary N) is 1. The second kappa shape index (κ2) is 7.15. The molecule has 0 aliphatic carbocycles. The van der Waals surface area contributed by atoms with E-state index in [0.717, 1.165) is 0 Å². The van der Waals surface area contributed by atoms with Crippen LogP contribution in [0.25, 0.3) is 0 Å². The number of methoxy groups -OCH3 is 1. The molecule has 0 amide bonds. The molecular weight excluding hydrogens is 282 g/mol. The van der Waals surface area contributed by atoms with Crippen LogP contribution in [0.3, 0.4) is 0 Å². The zero-order chi connectivity index (χ0) is 16.0. The van der Waals surface area contributed by atoms with E-state index in [1.54, 1.807) is 0 Å². The molecule has 7 heteroatoms. The summed E-state index contributed by atoms with van der Waals surface area (Å²) in [5, 5.41) is 5.82. The van der Waals surface area contributed by atoms with Gasteiger partial charge in [-0.05, 0) is 12.5 Å². The number of hydrogen-bond acceptors (Lipinski definition) is 4. The molecule has 1 aromatic rings. The highest BCUT2D eigenvalue weighted by Crippen LogP contribution is 2.27. The average Bonchev–Trinajstić information content (AvgIpc) is 2.39. The van der Waals surface area contributed by atoms with Gasteiger partial charge in [0.25, 0.3) is 11.5 Å². The number of rotatable bonds is 7. The zero-order valence-electron chi connectivity index (χ0n) is 12.3. The summed E-state index contributed by atoms with van der Waals surface area (Å²) in [4.78, 5) is 11.5. The Morgan fingerprint density at radius 3 is 2.71 bits per heavy atom. The molecule has 21 heavy (non-hydrogen) atoms. The van der Waals surface area contributed by atoms with Crippen molar-refractivity contribution in [3.63, 3.8) is 0 Å². The third-order valence-corrected chi connectivity index (χ3v) is 2.92. The lowest BCUT2D eigenvalue weighted by Gasteiger charge is -2.14. The molecule has 0 saturated heterocycles. The van der Waals surface area contributed by atoms with Gasteiger partial charge in [-0.3, -0.25) is 4.79 Å². The SMILES string of the molecule is C=C=C(CCOCc1n[nH]c(=O)c(C(C)(F)F)c1C)OC. The molecule has 0 saturated carbocycles. The number of aromatic nitrogens is 2. The Hall–Kier alpha value is -1.98. The minimum atomic E-state index is -3.23. The topological polar surface area (TPSA) is 64.2 Å². The van der Waals surface area contributed by atoms with Gasteiger partial charge in [0.15, 0.2) is 0 Å². The van der Waals surface area contributed by atoms with Crippen LogP contribution in [-0.2, 0) is 22.0 Å². The van der Waals surface area contributed by atoms with Gasteiger partial charge < -0.3 is 9.47 Å². The Bertz CT molecular complexity index is 599.